The maximum atomic E-state index is 12.8. The first kappa shape index (κ1) is 17.7. The van der Waals surface area contributed by atoms with Crippen LogP contribution in [0.25, 0.3) is 0 Å². The van der Waals surface area contributed by atoms with E-state index in [0.29, 0.717) is 6.61 Å². The molecule has 2 aliphatic heterocycles. The number of ether oxygens (including phenoxy) is 2. The first-order valence-corrected chi connectivity index (χ1v) is 10.0. The second-order valence-electron chi connectivity index (χ2n) is 8.00. The lowest BCUT2D eigenvalue weighted by Gasteiger charge is -2.39. The average Bonchev–Trinajstić information content (AvgIpc) is 3.37. The summed E-state index contributed by atoms with van der Waals surface area (Å²) in [5, 5.41) is 3.28. The van der Waals surface area contributed by atoms with Crippen molar-refractivity contribution in [2.24, 2.45) is 5.92 Å². The van der Waals surface area contributed by atoms with E-state index < -0.39 is 0 Å². The number of carbonyl (C=O) groups excluding carboxylic acids is 1. The minimum atomic E-state index is -0.119. The van der Waals surface area contributed by atoms with Crippen molar-refractivity contribution in [2.75, 3.05) is 33.4 Å². The summed E-state index contributed by atoms with van der Waals surface area (Å²) in [6.07, 6.45) is 8.31. The fraction of sp³-hybridized carbons (Fsp3) is 0.667. The van der Waals surface area contributed by atoms with Crippen LogP contribution in [0.4, 0.5) is 0 Å². The van der Waals surface area contributed by atoms with E-state index in [1.807, 2.05) is 18.2 Å². The molecule has 1 N–H and O–H groups in total. The third-order valence-electron chi connectivity index (χ3n) is 6.45. The lowest BCUT2D eigenvalue weighted by Crippen LogP contribution is -2.54. The van der Waals surface area contributed by atoms with E-state index in [-0.39, 0.29) is 17.4 Å². The fourth-order valence-electron chi connectivity index (χ4n) is 4.95. The molecule has 0 bridgehead atoms. The van der Waals surface area contributed by atoms with Gasteiger partial charge in [-0.25, -0.2) is 0 Å². The molecule has 3 aliphatic rings. The third-order valence-corrected chi connectivity index (χ3v) is 6.45. The van der Waals surface area contributed by atoms with Crippen molar-refractivity contribution >= 4 is 5.91 Å². The van der Waals surface area contributed by atoms with Crippen LogP contribution in [0.15, 0.2) is 18.2 Å². The fourth-order valence-corrected chi connectivity index (χ4v) is 4.95. The van der Waals surface area contributed by atoms with Crippen LogP contribution in [0, 0.1) is 5.92 Å². The van der Waals surface area contributed by atoms with Crippen molar-refractivity contribution in [3.05, 3.63) is 23.8 Å². The van der Waals surface area contributed by atoms with Crippen molar-refractivity contribution in [1.82, 2.24) is 10.2 Å². The zero-order valence-corrected chi connectivity index (χ0v) is 15.8. The average molecular weight is 358 g/mol. The molecule has 5 nitrogen and oxygen atoms in total. The van der Waals surface area contributed by atoms with E-state index in [1.165, 1.54) is 51.6 Å². The minimum Gasteiger partial charge on any atom is -0.493 e. The van der Waals surface area contributed by atoms with E-state index in [0.717, 1.165) is 30.0 Å². The summed E-state index contributed by atoms with van der Waals surface area (Å²) in [6.45, 7) is 3.59. The Morgan fingerprint density at radius 3 is 2.77 bits per heavy atom. The summed E-state index contributed by atoms with van der Waals surface area (Å²) in [7, 11) is 1.65. The molecule has 0 radical (unpaired) electrons. The zero-order chi connectivity index (χ0) is 18.0. The van der Waals surface area contributed by atoms with Crippen LogP contribution in [-0.2, 0) is 11.2 Å². The summed E-state index contributed by atoms with van der Waals surface area (Å²) in [5.74, 6) is 1.55. The number of hydrogen-bond donors (Lipinski definition) is 1. The van der Waals surface area contributed by atoms with Crippen LogP contribution in [0.2, 0.25) is 0 Å². The molecule has 26 heavy (non-hydrogen) atoms. The Morgan fingerprint density at radius 1 is 1.27 bits per heavy atom. The molecule has 1 amide bonds. The molecule has 1 aromatic carbocycles. The number of methoxy groups -OCH3 is 1. The number of benzene rings is 1. The number of likely N-dealkylation sites (tertiary alicyclic amines) is 1. The Morgan fingerprint density at radius 2 is 2.04 bits per heavy atom. The number of fused-ring (bicyclic) bond motifs is 1. The van der Waals surface area contributed by atoms with Crippen molar-refractivity contribution in [2.45, 2.75) is 50.5 Å². The number of nitrogens with one attached hydrogen (secondary N) is 1. The lowest BCUT2D eigenvalue weighted by molar-refractivity contribution is -0.127. The molecule has 1 unspecified atom stereocenters. The highest BCUT2D eigenvalue weighted by atomic mass is 16.5. The van der Waals surface area contributed by atoms with E-state index in [9.17, 15) is 4.79 Å². The topological polar surface area (TPSA) is 50.8 Å². The van der Waals surface area contributed by atoms with Gasteiger partial charge in [0.2, 0.25) is 5.91 Å². The Balaban J connectivity index is 1.39. The van der Waals surface area contributed by atoms with E-state index >= 15 is 0 Å². The Kier molecular flexibility index (Phi) is 5.07. The zero-order valence-electron chi connectivity index (χ0n) is 15.8. The van der Waals surface area contributed by atoms with E-state index in [4.69, 9.17) is 9.47 Å². The van der Waals surface area contributed by atoms with Crippen LogP contribution in [0.1, 0.15) is 44.1 Å². The molecule has 1 aliphatic carbocycles. The molecule has 4 rings (SSSR count). The van der Waals surface area contributed by atoms with E-state index in [2.05, 4.69) is 10.2 Å². The molecule has 142 valence electrons. The van der Waals surface area contributed by atoms with E-state index in [1.54, 1.807) is 7.11 Å². The van der Waals surface area contributed by atoms with Gasteiger partial charge in [-0.05, 0) is 56.8 Å². The summed E-state index contributed by atoms with van der Waals surface area (Å²) in [4.78, 5) is 15.5. The summed E-state index contributed by atoms with van der Waals surface area (Å²) in [6, 6.07) is 5.89. The van der Waals surface area contributed by atoms with Gasteiger partial charge in [-0.3, -0.25) is 9.69 Å². The summed E-state index contributed by atoms with van der Waals surface area (Å²) < 4.78 is 11.2. The SMILES string of the molecule is COc1cccc2c1OCC(C(=O)NCC1(N3CCCC3)CCCC1)C2. The molecule has 2 heterocycles. The van der Waals surface area contributed by atoms with Gasteiger partial charge in [0.25, 0.3) is 0 Å². The minimum absolute atomic E-state index is 0.119. The molecule has 0 aromatic heterocycles. The Bertz CT molecular complexity index is 649. The summed E-state index contributed by atoms with van der Waals surface area (Å²) in [5.41, 5.74) is 1.26. The van der Waals surface area contributed by atoms with Crippen LogP contribution < -0.4 is 14.8 Å². The molecular weight excluding hydrogens is 328 g/mol. The van der Waals surface area contributed by atoms with Gasteiger partial charge < -0.3 is 14.8 Å². The van der Waals surface area contributed by atoms with Gasteiger partial charge in [0.15, 0.2) is 11.5 Å². The quantitative estimate of drug-likeness (QED) is 0.879. The normalized spacial score (nSPS) is 24.7. The van der Waals surface area contributed by atoms with Gasteiger partial charge in [-0.15, -0.1) is 0 Å². The lowest BCUT2D eigenvalue weighted by atomic mass is 9.93. The second-order valence-corrected chi connectivity index (χ2v) is 8.00. The molecule has 2 fully saturated rings. The molecular formula is C21H30N2O3. The number of hydrogen-bond acceptors (Lipinski definition) is 4. The van der Waals surface area contributed by atoms with Gasteiger partial charge in [0.1, 0.15) is 6.61 Å². The van der Waals surface area contributed by atoms with Crippen molar-refractivity contribution < 1.29 is 14.3 Å². The molecule has 1 saturated carbocycles. The molecule has 1 atom stereocenters. The predicted octanol–water partition coefficient (Wildman–Crippen LogP) is 2.77. The molecule has 1 saturated heterocycles. The number of nitrogens with zero attached hydrogens (tertiary/aromatic N) is 1. The molecule has 5 heteroatoms. The van der Waals surface area contributed by atoms with Crippen LogP contribution >= 0.6 is 0 Å². The van der Waals surface area contributed by atoms with Crippen molar-refractivity contribution in [1.29, 1.82) is 0 Å². The number of para-hydroxylation sites is 1. The monoisotopic (exact) mass is 358 g/mol. The first-order chi connectivity index (χ1) is 12.7. The smallest absolute Gasteiger partial charge is 0.226 e. The van der Waals surface area contributed by atoms with Gasteiger partial charge in [0, 0.05) is 12.1 Å². The van der Waals surface area contributed by atoms with Crippen LogP contribution in [-0.4, -0.2) is 49.7 Å². The third kappa shape index (κ3) is 3.29. The van der Waals surface area contributed by atoms with Crippen molar-refractivity contribution in [3.63, 3.8) is 0 Å². The van der Waals surface area contributed by atoms with Gasteiger partial charge in [-0.2, -0.15) is 0 Å². The number of amides is 1. The van der Waals surface area contributed by atoms with Gasteiger partial charge in [-0.1, -0.05) is 25.0 Å². The van der Waals surface area contributed by atoms with Gasteiger partial charge in [0.05, 0.1) is 13.0 Å². The molecule has 0 spiro atoms. The number of rotatable bonds is 5. The highest BCUT2D eigenvalue weighted by molar-refractivity contribution is 5.79. The van der Waals surface area contributed by atoms with Gasteiger partial charge >= 0.3 is 0 Å². The highest BCUT2D eigenvalue weighted by Gasteiger charge is 2.41. The van der Waals surface area contributed by atoms with Crippen LogP contribution in [0.5, 0.6) is 11.5 Å². The molecule has 1 aromatic rings. The predicted molar refractivity (Wildman–Crippen MR) is 101 cm³/mol. The number of carbonyl (C=O) groups is 1. The van der Waals surface area contributed by atoms with Crippen molar-refractivity contribution in [3.8, 4) is 11.5 Å². The second kappa shape index (κ2) is 7.47. The Labute approximate surface area is 156 Å². The largest absolute Gasteiger partial charge is 0.493 e. The standard InChI is InChI=1S/C21H30N2O3/c1-25-18-8-6-7-16-13-17(14-26-19(16)18)20(24)22-15-21(9-2-3-10-21)23-11-4-5-12-23/h6-8,17H,2-5,9-15H2,1H3,(H,22,24). The maximum Gasteiger partial charge on any atom is 0.226 e. The first-order valence-electron chi connectivity index (χ1n) is 10.0. The summed E-state index contributed by atoms with van der Waals surface area (Å²) >= 11 is 0. The maximum absolute atomic E-state index is 12.8. The highest BCUT2D eigenvalue weighted by Crippen LogP contribution is 2.38. The van der Waals surface area contributed by atoms with Crippen LogP contribution in [0.3, 0.4) is 0 Å². The Hall–Kier alpha value is -1.75.